The fourth-order valence-electron chi connectivity index (χ4n) is 2.42. The number of pyridine rings is 1. The van der Waals surface area contributed by atoms with Crippen LogP contribution >= 0.6 is 0 Å². The number of nitrogens with zero attached hydrogens (tertiary/aromatic N) is 1. The molecule has 80 valence electrons. The molecule has 1 aliphatic rings. The second-order valence-corrected chi connectivity index (χ2v) is 4.12. The monoisotopic (exact) mass is 205 g/mol. The van der Waals surface area contributed by atoms with E-state index in [1.807, 2.05) is 18.2 Å². The molecule has 3 heteroatoms. The number of rotatable bonds is 3. The van der Waals surface area contributed by atoms with Crippen LogP contribution in [0.15, 0.2) is 24.4 Å². The fraction of sp³-hybridized carbons (Fsp3) is 0.500. The van der Waals surface area contributed by atoms with Crippen molar-refractivity contribution < 1.29 is 9.90 Å². The summed E-state index contributed by atoms with van der Waals surface area (Å²) in [4.78, 5) is 15.4. The number of hydrogen-bond donors (Lipinski definition) is 1. The molecule has 0 aliphatic heterocycles. The van der Waals surface area contributed by atoms with Crippen molar-refractivity contribution >= 4 is 5.97 Å². The number of hydrogen-bond acceptors (Lipinski definition) is 2. The highest BCUT2D eigenvalue weighted by molar-refractivity contribution is 5.75. The molecule has 0 spiro atoms. The third kappa shape index (κ3) is 2.17. The molecule has 3 nitrogen and oxygen atoms in total. The van der Waals surface area contributed by atoms with Crippen LogP contribution in [0.5, 0.6) is 0 Å². The Labute approximate surface area is 89.2 Å². The molecule has 1 aliphatic carbocycles. The number of aromatic nitrogens is 1. The van der Waals surface area contributed by atoms with Crippen molar-refractivity contribution in [1.29, 1.82) is 0 Å². The molecule has 0 bridgehead atoms. The van der Waals surface area contributed by atoms with Crippen LogP contribution in [0.2, 0.25) is 0 Å². The van der Waals surface area contributed by atoms with Gasteiger partial charge in [0.1, 0.15) is 5.92 Å². The summed E-state index contributed by atoms with van der Waals surface area (Å²) in [5.74, 6) is -0.869. The van der Waals surface area contributed by atoms with Crippen LogP contribution in [-0.4, -0.2) is 16.1 Å². The summed E-state index contributed by atoms with van der Waals surface area (Å²) in [7, 11) is 0. The molecule has 0 aromatic carbocycles. The summed E-state index contributed by atoms with van der Waals surface area (Å²) < 4.78 is 0. The number of aliphatic carboxylic acids is 1. The van der Waals surface area contributed by atoms with Gasteiger partial charge < -0.3 is 5.11 Å². The molecule has 0 amide bonds. The minimum absolute atomic E-state index is 0.275. The van der Waals surface area contributed by atoms with Crippen molar-refractivity contribution in [1.82, 2.24) is 4.98 Å². The van der Waals surface area contributed by atoms with E-state index in [0.29, 0.717) is 5.69 Å². The van der Waals surface area contributed by atoms with E-state index in [1.165, 1.54) is 0 Å². The minimum Gasteiger partial charge on any atom is -0.481 e. The number of carboxylic acid groups (broad SMARTS) is 1. The van der Waals surface area contributed by atoms with Gasteiger partial charge in [-0.1, -0.05) is 18.9 Å². The Morgan fingerprint density at radius 1 is 1.40 bits per heavy atom. The molecule has 1 aromatic rings. The molecular formula is C12H15NO2. The Morgan fingerprint density at radius 3 is 2.67 bits per heavy atom. The molecular weight excluding hydrogens is 190 g/mol. The maximum atomic E-state index is 11.2. The first-order valence-corrected chi connectivity index (χ1v) is 5.43. The molecule has 1 unspecified atom stereocenters. The van der Waals surface area contributed by atoms with Crippen LogP contribution in [0.4, 0.5) is 0 Å². The van der Waals surface area contributed by atoms with E-state index < -0.39 is 11.9 Å². The lowest BCUT2D eigenvalue weighted by molar-refractivity contribution is -0.140. The lowest BCUT2D eigenvalue weighted by atomic mass is 9.88. The fourth-order valence-corrected chi connectivity index (χ4v) is 2.42. The van der Waals surface area contributed by atoms with Crippen LogP contribution in [0.25, 0.3) is 0 Å². The SMILES string of the molecule is O=C(O)C(c1ccccn1)C1CCCC1. The zero-order valence-corrected chi connectivity index (χ0v) is 8.60. The minimum atomic E-state index is -0.736. The summed E-state index contributed by atoms with van der Waals surface area (Å²) in [6.45, 7) is 0. The van der Waals surface area contributed by atoms with Crippen molar-refractivity contribution in [3.8, 4) is 0 Å². The van der Waals surface area contributed by atoms with Gasteiger partial charge >= 0.3 is 5.97 Å². The van der Waals surface area contributed by atoms with Gasteiger partial charge in [-0.2, -0.15) is 0 Å². The first kappa shape index (κ1) is 10.1. The topological polar surface area (TPSA) is 50.2 Å². The first-order chi connectivity index (χ1) is 7.29. The molecule has 1 saturated carbocycles. The third-order valence-corrected chi connectivity index (χ3v) is 3.14. The standard InChI is InChI=1S/C12H15NO2/c14-12(15)11(9-5-1-2-6-9)10-7-3-4-8-13-10/h3-4,7-9,11H,1-2,5-6H2,(H,14,15). The molecule has 2 rings (SSSR count). The van der Waals surface area contributed by atoms with E-state index in [1.54, 1.807) is 6.20 Å². The Hall–Kier alpha value is -1.38. The summed E-state index contributed by atoms with van der Waals surface area (Å²) in [6.07, 6.45) is 6.02. The average molecular weight is 205 g/mol. The summed E-state index contributed by atoms with van der Waals surface area (Å²) >= 11 is 0. The first-order valence-electron chi connectivity index (χ1n) is 5.43. The van der Waals surface area contributed by atoms with Crippen molar-refractivity contribution in [2.75, 3.05) is 0 Å². The zero-order chi connectivity index (χ0) is 10.7. The highest BCUT2D eigenvalue weighted by Gasteiger charge is 2.32. The van der Waals surface area contributed by atoms with E-state index in [2.05, 4.69) is 4.98 Å². The van der Waals surface area contributed by atoms with Crippen molar-refractivity contribution in [2.45, 2.75) is 31.6 Å². The number of carbonyl (C=O) groups is 1. The van der Waals surface area contributed by atoms with Crippen LogP contribution in [0, 0.1) is 5.92 Å². The highest BCUT2D eigenvalue weighted by atomic mass is 16.4. The Morgan fingerprint density at radius 2 is 2.13 bits per heavy atom. The summed E-state index contributed by atoms with van der Waals surface area (Å²) in [6, 6.07) is 5.49. The Balaban J connectivity index is 2.23. The normalized spacial score (nSPS) is 18.9. The third-order valence-electron chi connectivity index (χ3n) is 3.14. The zero-order valence-electron chi connectivity index (χ0n) is 8.60. The highest BCUT2D eigenvalue weighted by Crippen LogP contribution is 2.36. The predicted octanol–water partition coefficient (Wildman–Crippen LogP) is 2.44. The average Bonchev–Trinajstić information content (AvgIpc) is 2.72. The lowest BCUT2D eigenvalue weighted by Gasteiger charge is -2.18. The molecule has 0 saturated heterocycles. The van der Waals surface area contributed by atoms with Gasteiger partial charge in [0, 0.05) is 6.20 Å². The van der Waals surface area contributed by atoms with E-state index in [4.69, 9.17) is 0 Å². The predicted molar refractivity (Wildman–Crippen MR) is 56.6 cm³/mol. The van der Waals surface area contributed by atoms with Crippen LogP contribution in [0.3, 0.4) is 0 Å². The number of carboxylic acids is 1. The van der Waals surface area contributed by atoms with Gasteiger partial charge in [-0.25, -0.2) is 0 Å². The largest absolute Gasteiger partial charge is 0.481 e. The second kappa shape index (κ2) is 4.43. The molecule has 1 heterocycles. The molecule has 1 aromatic heterocycles. The lowest BCUT2D eigenvalue weighted by Crippen LogP contribution is -2.20. The molecule has 15 heavy (non-hydrogen) atoms. The van der Waals surface area contributed by atoms with Gasteiger partial charge in [0.25, 0.3) is 0 Å². The van der Waals surface area contributed by atoms with Crippen LogP contribution in [-0.2, 0) is 4.79 Å². The Kier molecular flexibility index (Phi) is 2.99. The van der Waals surface area contributed by atoms with Crippen molar-refractivity contribution in [3.05, 3.63) is 30.1 Å². The van der Waals surface area contributed by atoms with Gasteiger partial charge in [-0.3, -0.25) is 9.78 Å². The molecule has 1 atom stereocenters. The Bertz CT molecular complexity index is 331. The van der Waals surface area contributed by atoms with E-state index in [-0.39, 0.29) is 5.92 Å². The van der Waals surface area contributed by atoms with E-state index in [0.717, 1.165) is 25.7 Å². The van der Waals surface area contributed by atoms with Gasteiger partial charge in [-0.15, -0.1) is 0 Å². The molecule has 1 fully saturated rings. The van der Waals surface area contributed by atoms with Gasteiger partial charge in [0.15, 0.2) is 0 Å². The van der Waals surface area contributed by atoms with Gasteiger partial charge in [0.2, 0.25) is 0 Å². The van der Waals surface area contributed by atoms with Crippen molar-refractivity contribution in [2.24, 2.45) is 5.92 Å². The van der Waals surface area contributed by atoms with E-state index in [9.17, 15) is 9.90 Å². The summed E-state index contributed by atoms with van der Waals surface area (Å²) in [5, 5.41) is 9.25. The maximum absolute atomic E-state index is 11.2. The quantitative estimate of drug-likeness (QED) is 0.824. The van der Waals surface area contributed by atoms with Crippen LogP contribution in [0.1, 0.15) is 37.3 Å². The molecule has 1 N–H and O–H groups in total. The summed E-state index contributed by atoms with van der Waals surface area (Å²) in [5.41, 5.74) is 0.705. The van der Waals surface area contributed by atoms with Crippen molar-refractivity contribution in [3.63, 3.8) is 0 Å². The second-order valence-electron chi connectivity index (χ2n) is 4.12. The van der Waals surface area contributed by atoms with Gasteiger partial charge in [0.05, 0.1) is 5.69 Å². The van der Waals surface area contributed by atoms with Crippen LogP contribution < -0.4 is 0 Å². The molecule has 0 radical (unpaired) electrons. The maximum Gasteiger partial charge on any atom is 0.312 e. The van der Waals surface area contributed by atoms with E-state index >= 15 is 0 Å². The smallest absolute Gasteiger partial charge is 0.312 e. The van der Waals surface area contributed by atoms with Gasteiger partial charge in [-0.05, 0) is 30.9 Å².